The van der Waals surface area contributed by atoms with Gasteiger partial charge in [-0.2, -0.15) is 0 Å². The third kappa shape index (κ3) is 1.79. The first-order valence-corrected chi connectivity index (χ1v) is 4.32. The van der Waals surface area contributed by atoms with Crippen LogP contribution in [0.2, 0.25) is 0 Å². The summed E-state index contributed by atoms with van der Waals surface area (Å²) in [5, 5.41) is 2.57. The minimum atomic E-state index is -0.267. The third-order valence-electron chi connectivity index (χ3n) is 2.01. The number of hydrogen-bond donors (Lipinski definition) is 1. The SMILES string of the molecule is O=C1CN=C(Cc2ccccc2F)N1. The van der Waals surface area contributed by atoms with E-state index in [0.717, 1.165) is 0 Å². The molecule has 0 atom stereocenters. The van der Waals surface area contributed by atoms with Gasteiger partial charge < -0.3 is 5.32 Å². The van der Waals surface area contributed by atoms with Gasteiger partial charge in [0.05, 0.1) is 0 Å². The number of rotatable bonds is 2. The lowest BCUT2D eigenvalue weighted by atomic mass is 10.1. The number of nitrogens with one attached hydrogen (secondary N) is 1. The Morgan fingerprint density at radius 1 is 1.43 bits per heavy atom. The van der Waals surface area contributed by atoms with Crippen LogP contribution in [0.15, 0.2) is 29.3 Å². The van der Waals surface area contributed by atoms with Gasteiger partial charge in [-0.1, -0.05) is 18.2 Å². The summed E-state index contributed by atoms with van der Waals surface area (Å²) in [4.78, 5) is 14.8. The van der Waals surface area contributed by atoms with Gasteiger partial charge in [0.1, 0.15) is 18.2 Å². The molecule has 1 N–H and O–H groups in total. The maximum atomic E-state index is 13.2. The van der Waals surface area contributed by atoms with Crippen LogP contribution in [-0.2, 0) is 11.2 Å². The Labute approximate surface area is 80.7 Å². The lowest BCUT2D eigenvalue weighted by Gasteiger charge is -2.02. The van der Waals surface area contributed by atoms with Gasteiger partial charge in [-0.05, 0) is 11.6 Å². The molecule has 0 saturated carbocycles. The van der Waals surface area contributed by atoms with Crippen LogP contribution in [0.1, 0.15) is 5.56 Å². The molecule has 0 unspecified atom stereocenters. The van der Waals surface area contributed by atoms with E-state index >= 15 is 0 Å². The molecule has 0 bridgehead atoms. The molecular weight excluding hydrogens is 183 g/mol. The van der Waals surface area contributed by atoms with Crippen molar-refractivity contribution in [2.45, 2.75) is 6.42 Å². The number of halogens is 1. The van der Waals surface area contributed by atoms with E-state index in [1.165, 1.54) is 6.07 Å². The lowest BCUT2D eigenvalue weighted by molar-refractivity contribution is -0.117. The van der Waals surface area contributed by atoms with Gasteiger partial charge in [0.25, 0.3) is 0 Å². The number of carbonyl (C=O) groups excluding carboxylic acids is 1. The Balaban J connectivity index is 2.12. The second-order valence-electron chi connectivity index (χ2n) is 3.08. The average Bonchev–Trinajstić information content (AvgIpc) is 2.56. The molecule has 0 aliphatic carbocycles. The first-order chi connectivity index (χ1) is 6.75. The van der Waals surface area contributed by atoms with E-state index in [9.17, 15) is 9.18 Å². The maximum Gasteiger partial charge on any atom is 0.247 e. The molecule has 1 aromatic carbocycles. The molecule has 0 saturated heterocycles. The van der Waals surface area contributed by atoms with Gasteiger partial charge in [-0.3, -0.25) is 9.79 Å². The molecule has 1 aliphatic rings. The smallest absolute Gasteiger partial charge is 0.247 e. The zero-order chi connectivity index (χ0) is 9.97. The largest absolute Gasteiger partial charge is 0.313 e. The summed E-state index contributed by atoms with van der Waals surface area (Å²) in [7, 11) is 0. The number of hydrogen-bond acceptors (Lipinski definition) is 2. The highest BCUT2D eigenvalue weighted by Gasteiger charge is 2.14. The Morgan fingerprint density at radius 3 is 2.86 bits per heavy atom. The minimum Gasteiger partial charge on any atom is -0.313 e. The number of benzene rings is 1. The molecule has 0 fully saturated rings. The van der Waals surface area contributed by atoms with Crippen molar-refractivity contribution < 1.29 is 9.18 Å². The fourth-order valence-corrected chi connectivity index (χ4v) is 1.33. The number of amides is 1. The van der Waals surface area contributed by atoms with Crippen molar-refractivity contribution in [3.8, 4) is 0 Å². The van der Waals surface area contributed by atoms with Crippen molar-refractivity contribution in [2.75, 3.05) is 6.54 Å². The van der Waals surface area contributed by atoms with Gasteiger partial charge in [0.2, 0.25) is 5.91 Å². The highest BCUT2D eigenvalue weighted by atomic mass is 19.1. The number of aliphatic imine (C=N–C) groups is 1. The molecule has 2 rings (SSSR count). The molecule has 1 heterocycles. The van der Waals surface area contributed by atoms with Crippen LogP contribution in [0.4, 0.5) is 4.39 Å². The van der Waals surface area contributed by atoms with Crippen LogP contribution >= 0.6 is 0 Å². The second kappa shape index (κ2) is 3.57. The second-order valence-corrected chi connectivity index (χ2v) is 3.08. The van der Waals surface area contributed by atoms with Gasteiger partial charge in [0, 0.05) is 6.42 Å². The first-order valence-electron chi connectivity index (χ1n) is 4.32. The zero-order valence-electron chi connectivity index (χ0n) is 7.46. The Morgan fingerprint density at radius 2 is 2.21 bits per heavy atom. The Hall–Kier alpha value is -1.71. The highest BCUT2D eigenvalue weighted by Crippen LogP contribution is 2.08. The van der Waals surface area contributed by atoms with Crippen LogP contribution in [-0.4, -0.2) is 18.3 Å². The van der Waals surface area contributed by atoms with Crippen LogP contribution in [0.3, 0.4) is 0 Å². The topological polar surface area (TPSA) is 41.5 Å². The van der Waals surface area contributed by atoms with Gasteiger partial charge >= 0.3 is 0 Å². The molecule has 4 heteroatoms. The molecular formula is C10H9FN2O. The van der Waals surface area contributed by atoms with E-state index in [2.05, 4.69) is 10.3 Å². The fraction of sp³-hybridized carbons (Fsp3) is 0.200. The van der Waals surface area contributed by atoms with Crippen molar-refractivity contribution >= 4 is 11.7 Å². The number of nitrogens with zero attached hydrogens (tertiary/aromatic N) is 1. The van der Waals surface area contributed by atoms with Crippen molar-refractivity contribution in [1.29, 1.82) is 0 Å². The van der Waals surface area contributed by atoms with Crippen molar-refractivity contribution in [3.05, 3.63) is 35.6 Å². The summed E-state index contributed by atoms with van der Waals surface area (Å²) in [5.41, 5.74) is 0.549. The molecule has 0 spiro atoms. The van der Waals surface area contributed by atoms with E-state index in [1.54, 1.807) is 18.2 Å². The quantitative estimate of drug-likeness (QED) is 0.743. The predicted octanol–water partition coefficient (Wildman–Crippen LogP) is 0.897. The monoisotopic (exact) mass is 192 g/mol. The summed E-state index contributed by atoms with van der Waals surface area (Å²) in [6.07, 6.45) is 0.346. The van der Waals surface area contributed by atoms with E-state index < -0.39 is 0 Å². The summed E-state index contributed by atoms with van der Waals surface area (Å²) in [6, 6.07) is 6.47. The summed E-state index contributed by atoms with van der Waals surface area (Å²) in [5.74, 6) is 0.146. The van der Waals surface area contributed by atoms with Gasteiger partial charge in [-0.15, -0.1) is 0 Å². The normalized spacial score (nSPS) is 15.2. The molecule has 72 valence electrons. The highest BCUT2D eigenvalue weighted by molar-refractivity contribution is 6.04. The molecule has 0 radical (unpaired) electrons. The van der Waals surface area contributed by atoms with E-state index in [0.29, 0.717) is 17.8 Å². The van der Waals surface area contributed by atoms with Crippen molar-refractivity contribution in [1.82, 2.24) is 5.32 Å². The van der Waals surface area contributed by atoms with Crippen LogP contribution in [0, 0.1) is 5.82 Å². The molecule has 14 heavy (non-hydrogen) atoms. The Kier molecular flexibility index (Phi) is 2.26. The predicted molar refractivity (Wildman–Crippen MR) is 50.5 cm³/mol. The molecule has 1 aliphatic heterocycles. The van der Waals surface area contributed by atoms with Crippen molar-refractivity contribution in [2.24, 2.45) is 4.99 Å². The van der Waals surface area contributed by atoms with Gasteiger partial charge in [-0.25, -0.2) is 4.39 Å². The maximum absolute atomic E-state index is 13.2. The number of amidine groups is 1. The molecule has 1 amide bonds. The summed E-state index contributed by atoms with van der Waals surface area (Å²) >= 11 is 0. The standard InChI is InChI=1S/C10H9FN2O/c11-8-4-2-1-3-7(8)5-9-12-6-10(14)13-9/h1-4H,5-6H2,(H,12,13,14). The van der Waals surface area contributed by atoms with Crippen LogP contribution in [0.5, 0.6) is 0 Å². The average molecular weight is 192 g/mol. The Bertz CT molecular complexity index is 401. The van der Waals surface area contributed by atoms with Crippen molar-refractivity contribution in [3.63, 3.8) is 0 Å². The number of carbonyl (C=O) groups is 1. The van der Waals surface area contributed by atoms with Gasteiger partial charge in [0.15, 0.2) is 0 Å². The van der Waals surface area contributed by atoms with Crippen LogP contribution < -0.4 is 5.32 Å². The zero-order valence-corrected chi connectivity index (χ0v) is 7.46. The van der Waals surface area contributed by atoms with E-state index in [-0.39, 0.29) is 18.3 Å². The minimum absolute atomic E-state index is 0.128. The molecule has 1 aromatic rings. The molecule has 0 aromatic heterocycles. The first kappa shape index (κ1) is 8.87. The summed E-state index contributed by atoms with van der Waals surface area (Å²) in [6.45, 7) is 0.157. The lowest BCUT2D eigenvalue weighted by Crippen LogP contribution is -2.26. The van der Waals surface area contributed by atoms with Crippen LogP contribution in [0.25, 0.3) is 0 Å². The third-order valence-corrected chi connectivity index (χ3v) is 2.01. The van der Waals surface area contributed by atoms with E-state index in [4.69, 9.17) is 0 Å². The fourth-order valence-electron chi connectivity index (χ4n) is 1.33. The molecule has 3 nitrogen and oxygen atoms in total. The van der Waals surface area contributed by atoms with E-state index in [1.807, 2.05) is 0 Å². The summed E-state index contributed by atoms with van der Waals surface area (Å²) < 4.78 is 13.2.